The highest BCUT2D eigenvalue weighted by Crippen LogP contribution is 2.23. The Balaban J connectivity index is -0.000000178. The summed E-state index contributed by atoms with van der Waals surface area (Å²) in [5, 5.41) is 0. The Kier molecular flexibility index (Phi) is 20.3. The van der Waals surface area contributed by atoms with E-state index in [0.717, 1.165) is 11.8 Å². The molecule has 0 radical (unpaired) electrons. The molecule has 1 aliphatic rings. The van der Waals surface area contributed by atoms with Crippen molar-refractivity contribution in [2.24, 2.45) is 11.8 Å². The second-order valence-electron chi connectivity index (χ2n) is 2.90. The highest BCUT2D eigenvalue weighted by atomic mass is 14.2. The molecule has 0 aromatic heterocycles. The van der Waals surface area contributed by atoms with Gasteiger partial charge in [0.2, 0.25) is 0 Å². The molecule has 2 unspecified atom stereocenters. The first-order valence-electron chi connectivity index (χ1n) is 5.45. The van der Waals surface area contributed by atoms with Crippen LogP contribution in [0.5, 0.6) is 0 Å². The van der Waals surface area contributed by atoms with Crippen molar-refractivity contribution < 1.29 is 0 Å². The summed E-state index contributed by atoms with van der Waals surface area (Å²) in [5.74, 6) is 1.83. The third-order valence-corrected chi connectivity index (χ3v) is 2.15. The fourth-order valence-corrected chi connectivity index (χ4v) is 1.09. The molecule has 0 bridgehead atoms. The zero-order valence-corrected chi connectivity index (χ0v) is 9.72. The Bertz CT molecular complexity index is 80.2. The van der Waals surface area contributed by atoms with Crippen LogP contribution < -0.4 is 0 Å². The van der Waals surface area contributed by atoms with Crippen LogP contribution in [0.4, 0.5) is 0 Å². The van der Waals surface area contributed by atoms with E-state index >= 15 is 0 Å². The molecule has 0 heterocycles. The van der Waals surface area contributed by atoms with Crippen molar-refractivity contribution in [2.45, 2.75) is 61.8 Å². The summed E-state index contributed by atoms with van der Waals surface area (Å²) in [7, 11) is 0. The van der Waals surface area contributed by atoms with Gasteiger partial charge in [0.05, 0.1) is 0 Å². The molecule has 2 atom stereocenters. The molecule has 82 valence electrons. The van der Waals surface area contributed by atoms with Gasteiger partial charge in [-0.05, 0) is 24.7 Å². The lowest BCUT2D eigenvalue weighted by atomic mass is 9.86. The van der Waals surface area contributed by atoms with E-state index in [1.54, 1.807) is 0 Å². The van der Waals surface area contributed by atoms with E-state index in [1.807, 2.05) is 27.7 Å². The Hall–Kier alpha value is -0.260. The average Bonchev–Trinajstić information content (AvgIpc) is 2.17. The summed E-state index contributed by atoms with van der Waals surface area (Å²) < 4.78 is 0. The first-order valence-corrected chi connectivity index (χ1v) is 5.45. The summed E-state index contributed by atoms with van der Waals surface area (Å²) in [4.78, 5) is 0. The smallest absolute Gasteiger partial charge is 0.0322 e. The van der Waals surface area contributed by atoms with E-state index < -0.39 is 0 Å². The third-order valence-electron chi connectivity index (χ3n) is 2.15. The first kappa shape index (κ1) is 18.5. The Labute approximate surface area is 86.4 Å². The summed E-state index contributed by atoms with van der Waals surface area (Å²) in [6.07, 6.45) is 7.18. The van der Waals surface area contributed by atoms with Crippen LogP contribution in [-0.4, -0.2) is 0 Å². The van der Waals surface area contributed by atoms with Crippen LogP contribution in [0, 0.1) is 11.8 Å². The van der Waals surface area contributed by atoms with Crippen molar-refractivity contribution in [2.75, 3.05) is 0 Å². The van der Waals surface area contributed by atoms with E-state index in [2.05, 4.69) is 26.0 Å². The lowest BCUT2D eigenvalue weighted by molar-refractivity contribution is 0.380. The second kappa shape index (κ2) is 14.3. The normalized spacial score (nSPS) is 24.2. The molecule has 0 N–H and O–H groups in total. The standard InChI is InChI=1S/C8H14.2C2H6.CH4/c1-7-5-3-4-6-8(7)2;2*1-2;/h3-4,7-8H,5-6H2,1-2H3;2*1-2H3;1H4. The van der Waals surface area contributed by atoms with Crippen molar-refractivity contribution in [3.05, 3.63) is 12.2 Å². The highest BCUT2D eigenvalue weighted by Gasteiger charge is 2.11. The number of rotatable bonds is 0. The van der Waals surface area contributed by atoms with E-state index in [0.29, 0.717) is 0 Å². The molecule has 0 fully saturated rings. The molecule has 0 heteroatoms. The predicted octanol–water partition coefficient (Wildman–Crippen LogP) is 5.30. The minimum atomic E-state index is 0. The minimum absolute atomic E-state index is 0. The van der Waals surface area contributed by atoms with Gasteiger partial charge >= 0.3 is 0 Å². The molecular formula is C13H30. The van der Waals surface area contributed by atoms with Gasteiger partial charge in [-0.15, -0.1) is 0 Å². The number of allylic oxidation sites excluding steroid dienone is 2. The molecule has 0 aliphatic heterocycles. The first-order chi connectivity index (χ1) is 5.80. The zero-order valence-electron chi connectivity index (χ0n) is 9.72. The lowest BCUT2D eigenvalue weighted by Gasteiger charge is -2.19. The average molecular weight is 186 g/mol. The predicted molar refractivity (Wildman–Crippen MR) is 66.1 cm³/mol. The van der Waals surface area contributed by atoms with Gasteiger partial charge in [0.25, 0.3) is 0 Å². The van der Waals surface area contributed by atoms with Crippen molar-refractivity contribution in [3.63, 3.8) is 0 Å². The van der Waals surface area contributed by atoms with E-state index in [1.165, 1.54) is 12.8 Å². The molecule has 0 spiro atoms. The third kappa shape index (κ3) is 9.66. The molecule has 0 amide bonds. The molecule has 0 aromatic carbocycles. The highest BCUT2D eigenvalue weighted by molar-refractivity contribution is 4.91. The monoisotopic (exact) mass is 186 g/mol. The lowest BCUT2D eigenvalue weighted by Crippen LogP contribution is -2.08. The second-order valence-corrected chi connectivity index (χ2v) is 2.90. The van der Waals surface area contributed by atoms with E-state index in [-0.39, 0.29) is 7.43 Å². The Morgan fingerprint density at radius 3 is 1.15 bits per heavy atom. The molecular weight excluding hydrogens is 156 g/mol. The topological polar surface area (TPSA) is 0 Å². The quantitative estimate of drug-likeness (QED) is 0.450. The summed E-state index contributed by atoms with van der Waals surface area (Å²) in [6.45, 7) is 12.7. The van der Waals surface area contributed by atoms with Crippen molar-refractivity contribution >= 4 is 0 Å². The van der Waals surface area contributed by atoms with Gasteiger partial charge in [-0.1, -0.05) is 61.1 Å². The SMILES string of the molecule is C.CC.CC.CC1CC=CCC1C. The van der Waals surface area contributed by atoms with Gasteiger partial charge in [0.1, 0.15) is 0 Å². The molecule has 0 nitrogen and oxygen atoms in total. The van der Waals surface area contributed by atoms with Gasteiger partial charge in [0.15, 0.2) is 0 Å². The Morgan fingerprint density at radius 2 is 1.00 bits per heavy atom. The van der Waals surface area contributed by atoms with Crippen molar-refractivity contribution in [3.8, 4) is 0 Å². The van der Waals surface area contributed by atoms with Gasteiger partial charge in [-0.3, -0.25) is 0 Å². The molecule has 1 rings (SSSR count). The van der Waals surface area contributed by atoms with Crippen LogP contribution in [0.15, 0.2) is 12.2 Å². The van der Waals surface area contributed by atoms with Crippen LogP contribution in [0.3, 0.4) is 0 Å². The van der Waals surface area contributed by atoms with Crippen LogP contribution in [-0.2, 0) is 0 Å². The van der Waals surface area contributed by atoms with Crippen molar-refractivity contribution in [1.29, 1.82) is 0 Å². The molecule has 0 saturated heterocycles. The minimum Gasteiger partial charge on any atom is -0.0883 e. The van der Waals surface area contributed by atoms with Crippen LogP contribution in [0.25, 0.3) is 0 Å². The van der Waals surface area contributed by atoms with Gasteiger partial charge < -0.3 is 0 Å². The van der Waals surface area contributed by atoms with Gasteiger partial charge in [-0.2, -0.15) is 0 Å². The summed E-state index contributed by atoms with van der Waals surface area (Å²) in [6, 6.07) is 0. The van der Waals surface area contributed by atoms with Crippen molar-refractivity contribution in [1.82, 2.24) is 0 Å². The van der Waals surface area contributed by atoms with Crippen LogP contribution in [0.1, 0.15) is 61.8 Å². The maximum Gasteiger partial charge on any atom is -0.0322 e. The summed E-state index contributed by atoms with van der Waals surface area (Å²) in [5.41, 5.74) is 0. The maximum atomic E-state index is 2.33. The van der Waals surface area contributed by atoms with E-state index in [9.17, 15) is 0 Å². The molecule has 0 aromatic rings. The van der Waals surface area contributed by atoms with E-state index in [4.69, 9.17) is 0 Å². The molecule has 0 saturated carbocycles. The molecule has 13 heavy (non-hydrogen) atoms. The largest absolute Gasteiger partial charge is 0.0883 e. The van der Waals surface area contributed by atoms with Crippen LogP contribution in [0.2, 0.25) is 0 Å². The van der Waals surface area contributed by atoms with Gasteiger partial charge in [-0.25, -0.2) is 0 Å². The fourth-order valence-electron chi connectivity index (χ4n) is 1.09. The summed E-state index contributed by atoms with van der Waals surface area (Å²) >= 11 is 0. The van der Waals surface area contributed by atoms with Gasteiger partial charge in [0, 0.05) is 0 Å². The maximum absolute atomic E-state index is 2.33. The van der Waals surface area contributed by atoms with Crippen LogP contribution >= 0.6 is 0 Å². The zero-order chi connectivity index (χ0) is 9.98. The number of hydrogen-bond acceptors (Lipinski definition) is 0. The Morgan fingerprint density at radius 1 is 0.769 bits per heavy atom. The molecule has 1 aliphatic carbocycles. The fraction of sp³-hybridized carbons (Fsp3) is 0.846. The number of hydrogen-bond donors (Lipinski definition) is 0.